The van der Waals surface area contributed by atoms with E-state index < -0.39 is 0 Å². The van der Waals surface area contributed by atoms with Crippen molar-refractivity contribution in [2.24, 2.45) is 16.9 Å². The second-order valence-electron chi connectivity index (χ2n) is 5.52. The number of benzene rings is 1. The Balaban J connectivity index is 1.69. The van der Waals surface area contributed by atoms with E-state index in [2.05, 4.69) is 22.7 Å². The Morgan fingerprint density at radius 3 is 2.95 bits per heavy atom. The second-order valence-corrected chi connectivity index (χ2v) is 5.52. The minimum atomic E-state index is -0.115. The van der Waals surface area contributed by atoms with Crippen LogP contribution in [-0.2, 0) is 0 Å². The van der Waals surface area contributed by atoms with Crippen molar-refractivity contribution in [3.63, 3.8) is 0 Å². The molecule has 3 heteroatoms. The maximum absolute atomic E-state index is 12.1. The van der Waals surface area contributed by atoms with Gasteiger partial charge in [0.05, 0.1) is 0 Å². The van der Waals surface area contributed by atoms with Crippen LogP contribution >= 0.6 is 0 Å². The summed E-state index contributed by atoms with van der Waals surface area (Å²) in [6.45, 7) is 3.98. The molecule has 19 heavy (non-hydrogen) atoms. The third-order valence-electron chi connectivity index (χ3n) is 4.07. The van der Waals surface area contributed by atoms with Gasteiger partial charge in [-0.25, -0.2) is 5.43 Å². The molecule has 1 saturated carbocycles. The van der Waals surface area contributed by atoms with Gasteiger partial charge < -0.3 is 0 Å². The van der Waals surface area contributed by atoms with E-state index in [1.807, 2.05) is 32.0 Å². The van der Waals surface area contributed by atoms with Gasteiger partial charge in [0.2, 0.25) is 0 Å². The fourth-order valence-corrected chi connectivity index (χ4v) is 2.91. The molecule has 98 valence electrons. The van der Waals surface area contributed by atoms with E-state index in [1.165, 1.54) is 5.56 Å². The van der Waals surface area contributed by atoms with Crippen LogP contribution in [-0.4, -0.2) is 11.6 Å². The summed E-state index contributed by atoms with van der Waals surface area (Å²) in [5, 5.41) is 4.28. The Kier molecular flexibility index (Phi) is 2.97. The highest BCUT2D eigenvalue weighted by atomic mass is 16.2. The molecule has 0 heterocycles. The molecule has 0 aromatic heterocycles. The standard InChI is InChI=1S/C16H18N2O/c1-10-6-7-13(11(2)8-10)16(19)18-17-15-9-12-4-3-5-14(12)15/h3,5-8,12,14H,4,9H2,1-2H3,(H,18,19)/b17-15-/t12-,14-/m1/s1. The molecule has 0 radical (unpaired) electrons. The first-order valence-electron chi connectivity index (χ1n) is 6.76. The first-order chi connectivity index (χ1) is 9.15. The molecule has 0 saturated heterocycles. The van der Waals surface area contributed by atoms with E-state index in [4.69, 9.17) is 0 Å². The normalized spacial score (nSPS) is 26.1. The topological polar surface area (TPSA) is 41.5 Å². The first kappa shape index (κ1) is 12.2. The Morgan fingerprint density at radius 2 is 2.21 bits per heavy atom. The van der Waals surface area contributed by atoms with Crippen molar-refractivity contribution < 1.29 is 4.79 Å². The van der Waals surface area contributed by atoms with Crippen molar-refractivity contribution in [1.82, 2.24) is 5.43 Å². The van der Waals surface area contributed by atoms with Crippen LogP contribution in [0.4, 0.5) is 0 Å². The number of allylic oxidation sites excluding steroid dienone is 2. The van der Waals surface area contributed by atoms with Gasteiger partial charge in [-0.15, -0.1) is 0 Å². The fourth-order valence-electron chi connectivity index (χ4n) is 2.91. The van der Waals surface area contributed by atoms with E-state index in [9.17, 15) is 4.79 Å². The molecule has 3 rings (SSSR count). The molecule has 0 bridgehead atoms. The number of hydrazone groups is 1. The third-order valence-corrected chi connectivity index (χ3v) is 4.07. The molecule has 1 N–H and O–H groups in total. The average Bonchev–Trinajstić information content (AvgIpc) is 2.71. The molecule has 2 aliphatic rings. The van der Waals surface area contributed by atoms with Gasteiger partial charge in [0, 0.05) is 17.2 Å². The summed E-state index contributed by atoms with van der Waals surface area (Å²) in [5.41, 5.74) is 6.65. The van der Waals surface area contributed by atoms with Crippen LogP contribution in [0.2, 0.25) is 0 Å². The molecule has 0 aliphatic heterocycles. The number of carbonyl (C=O) groups is 1. The number of amides is 1. The summed E-state index contributed by atoms with van der Waals surface area (Å²) in [4.78, 5) is 12.1. The zero-order chi connectivity index (χ0) is 13.4. The largest absolute Gasteiger partial charge is 0.271 e. The number of carbonyl (C=O) groups excluding carboxylic acids is 1. The van der Waals surface area contributed by atoms with E-state index in [-0.39, 0.29) is 5.91 Å². The smallest absolute Gasteiger partial charge is 0.267 e. The van der Waals surface area contributed by atoms with Crippen molar-refractivity contribution in [2.75, 3.05) is 0 Å². The Bertz CT molecular complexity index is 586. The summed E-state index contributed by atoms with van der Waals surface area (Å²) >= 11 is 0. The van der Waals surface area contributed by atoms with Crippen LogP contribution in [0, 0.1) is 25.7 Å². The summed E-state index contributed by atoms with van der Waals surface area (Å²) in [6.07, 6.45) is 6.60. The summed E-state index contributed by atoms with van der Waals surface area (Å²) in [7, 11) is 0. The van der Waals surface area contributed by atoms with Gasteiger partial charge in [0.1, 0.15) is 0 Å². The Hall–Kier alpha value is -1.90. The predicted molar refractivity (Wildman–Crippen MR) is 76.2 cm³/mol. The zero-order valence-corrected chi connectivity index (χ0v) is 11.3. The molecule has 3 nitrogen and oxygen atoms in total. The molecule has 2 aliphatic carbocycles. The van der Waals surface area contributed by atoms with E-state index in [0.717, 1.165) is 30.0 Å². The van der Waals surface area contributed by atoms with Gasteiger partial charge in [-0.1, -0.05) is 29.8 Å². The van der Waals surface area contributed by atoms with Crippen LogP contribution in [0.15, 0.2) is 35.5 Å². The molecular formula is C16H18N2O. The lowest BCUT2D eigenvalue weighted by Crippen LogP contribution is -2.35. The number of hydrogen-bond donors (Lipinski definition) is 1. The van der Waals surface area contributed by atoms with Crippen molar-refractivity contribution in [2.45, 2.75) is 26.7 Å². The molecule has 1 aromatic rings. The van der Waals surface area contributed by atoms with Crippen LogP contribution in [0.1, 0.15) is 34.3 Å². The lowest BCUT2D eigenvalue weighted by molar-refractivity contribution is 0.0953. The number of hydrogen-bond acceptors (Lipinski definition) is 2. The maximum Gasteiger partial charge on any atom is 0.271 e. The van der Waals surface area contributed by atoms with E-state index in [0.29, 0.717) is 11.5 Å². The van der Waals surface area contributed by atoms with Gasteiger partial charge >= 0.3 is 0 Å². The monoisotopic (exact) mass is 254 g/mol. The predicted octanol–water partition coefficient (Wildman–Crippen LogP) is 2.99. The molecule has 2 atom stereocenters. The van der Waals surface area contributed by atoms with Crippen LogP contribution < -0.4 is 5.43 Å². The van der Waals surface area contributed by atoms with Gasteiger partial charge in [-0.2, -0.15) is 5.10 Å². The molecule has 0 unspecified atom stereocenters. The number of nitrogens with one attached hydrogen (secondary N) is 1. The lowest BCUT2D eigenvalue weighted by Gasteiger charge is -2.31. The molecule has 1 fully saturated rings. The first-order valence-corrected chi connectivity index (χ1v) is 6.76. The summed E-state index contributed by atoms with van der Waals surface area (Å²) in [6, 6.07) is 5.83. The highest BCUT2D eigenvalue weighted by Gasteiger charge is 2.37. The number of aryl methyl sites for hydroxylation is 2. The Labute approximate surface area is 113 Å². The Morgan fingerprint density at radius 1 is 1.37 bits per heavy atom. The van der Waals surface area contributed by atoms with Gasteiger partial charge in [0.25, 0.3) is 5.91 Å². The zero-order valence-electron chi connectivity index (χ0n) is 11.3. The SMILES string of the molecule is Cc1ccc(C(=O)N/N=C2/C[C@H]3CC=C[C@@H]23)c(C)c1. The minimum Gasteiger partial charge on any atom is -0.267 e. The number of rotatable bonds is 2. The summed E-state index contributed by atoms with van der Waals surface area (Å²) in [5.74, 6) is 1.09. The van der Waals surface area contributed by atoms with Gasteiger partial charge in [-0.3, -0.25) is 4.79 Å². The van der Waals surface area contributed by atoms with Crippen molar-refractivity contribution in [3.8, 4) is 0 Å². The van der Waals surface area contributed by atoms with Gasteiger partial charge in [-0.05, 0) is 44.2 Å². The minimum absolute atomic E-state index is 0.115. The van der Waals surface area contributed by atoms with E-state index in [1.54, 1.807) is 0 Å². The second kappa shape index (κ2) is 4.65. The quantitative estimate of drug-likeness (QED) is 0.639. The highest BCUT2D eigenvalue weighted by Crippen LogP contribution is 2.40. The fraction of sp³-hybridized carbons (Fsp3) is 0.375. The summed E-state index contributed by atoms with van der Waals surface area (Å²) < 4.78 is 0. The van der Waals surface area contributed by atoms with Crippen molar-refractivity contribution in [1.29, 1.82) is 0 Å². The molecule has 1 aromatic carbocycles. The van der Waals surface area contributed by atoms with Crippen LogP contribution in [0.3, 0.4) is 0 Å². The van der Waals surface area contributed by atoms with E-state index >= 15 is 0 Å². The van der Waals surface area contributed by atoms with Crippen molar-refractivity contribution in [3.05, 3.63) is 47.0 Å². The molecule has 0 spiro atoms. The number of nitrogens with zero attached hydrogens (tertiary/aromatic N) is 1. The van der Waals surface area contributed by atoms with Crippen LogP contribution in [0.25, 0.3) is 0 Å². The average molecular weight is 254 g/mol. The van der Waals surface area contributed by atoms with Crippen LogP contribution in [0.5, 0.6) is 0 Å². The maximum atomic E-state index is 12.1. The highest BCUT2D eigenvalue weighted by molar-refractivity contribution is 5.99. The molecular weight excluding hydrogens is 236 g/mol. The van der Waals surface area contributed by atoms with Crippen molar-refractivity contribution >= 4 is 11.6 Å². The van der Waals surface area contributed by atoms with Gasteiger partial charge in [0.15, 0.2) is 0 Å². The number of fused-ring (bicyclic) bond motifs is 1. The molecule has 1 amide bonds. The lowest BCUT2D eigenvalue weighted by atomic mass is 9.74. The third kappa shape index (κ3) is 2.21.